The summed E-state index contributed by atoms with van der Waals surface area (Å²) < 4.78 is 0. The number of aliphatic hydroxyl groups is 1. The second-order valence-corrected chi connectivity index (χ2v) is 5.88. The predicted octanol–water partition coefficient (Wildman–Crippen LogP) is 0.993. The highest BCUT2D eigenvalue weighted by atomic mass is 16.3. The number of para-hydroxylation sites is 1. The summed E-state index contributed by atoms with van der Waals surface area (Å²) in [6.07, 6.45) is 0.882. The number of nitrogens with two attached hydrogens (primary N) is 1. The average Bonchev–Trinajstić information content (AvgIpc) is 2.67. The van der Waals surface area contributed by atoms with Crippen molar-refractivity contribution in [2.75, 3.05) is 18.5 Å². The Kier molecular flexibility index (Phi) is 3.18. The molecule has 3 atom stereocenters. The molecular weight excluding hydrogens is 252 g/mol. The summed E-state index contributed by atoms with van der Waals surface area (Å²) in [5.41, 5.74) is 6.82. The number of benzene rings is 1. The van der Waals surface area contributed by atoms with Gasteiger partial charge in [0.2, 0.25) is 6.35 Å². The maximum absolute atomic E-state index is 10.3. The lowest BCUT2D eigenvalue weighted by molar-refractivity contribution is 0.123. The molecule has 1 aromatic rings. The SMILES string of the molecule is CC1CC2(CCN1C)C(N)=NC(O)N2c1ccccc1. The summed E-state index contributed by atoms with van der Waals surface area (Å²) in [5.74, 6) is 0.564. The molecule has 20 heavy (non-hydrogen) atoms. The molecule has 2 heterocycles. The summed E-state index contributed by atoms with van der Waals surface area (Å²) in [7, 11) is 2.13. The first-order valence-electron chi connectivity index (χ1n) is 7.11. The standard InChI is InChI=1S/C15H22N4O/c1-11-10-15(8-9-18(11)2)13(16)17-14(20)19(15)12-6-4-3-5-7-12/h3-7,11,14,20H,8-10H2,1-2H3,(H2,16,17). The van der Waals surface area contributed by atoms with E-state index < -0.39 is 6.35 Å². The monoisotopic (exact) mass is 274 g/mol. The molecule has 3 N–H and O–H groups in total. The van der Waals surface area contributed by atoms with Gasteiger partial charge in [0.15, 0.2) is 0 Å². The number of piperidine rings is 1. The molecule has 5 nitrogen and oxygen atoms in total. The van der Waals surface area contributed by atoms with Gasteiger partial charge >= 0.3 is 0 Å². The molecular formula is C15H22N4O. The van der Waals surface area contributed by atoms with Gasteiger partial charge in [-0.25, -0.2) is 4.99 Å². The maximum atomic E-state index is 10.3. The minimum Gasteiger partial charge on any atom is -0.385 e. The zero-order chi connectivity index (χ0) is 14.3. The minimum atomic E-state index is -0.881. The van der Waals surface area contributed by atoms with Crippen molar-refractivity contribution in [3.63, 3.8) is 0 Å². The molecule has 1 spiro atoms. The van der Waals surface area contributed by atoms with Crippen molar-refractivity contribution in [3.8, 4) is 0 Å². The van der Waals surface area contributed by atoms with E-state index in [1.54, 1.807) is 0 Å². The Morgan fingerprint density at radius 2 is 2.05 bits per heavy atom. The van der Waals surface area contributed by atoms with Gasteiger partial charge in [0.05, 0.1) is 0 Å². The lowest BCUT2D eigenvalue weighted by atomic mass is 9.81. The zero-order valence-electron chi connectivity index (χ0n) is 12.0. The number of rotatable bonds is 1. The third kappa shape index (κ3) is 1.89. The van der Waals surface area contributed by atoms with Crippen LogP contribution in [-0.4, -0.2) is 47.4 Å². The Labute approximate surface area is 119 Å². The Hall–Kier alpha value is -1.59. The van der Waals surface area contributed by atoms with Crippen LogP contribution in [0, 0.1) is 0 Å². The molecule has 0 amide bonds. The van der Waals surface area contributed by atoms with Crippen LogP contribution in [-0.2, 0) is 0 Å². The van der Waals surface area contributed by atoms with Gasteiger partial charge in [0.1, 0.15) is 11.4 Å². The van der Waals surface area contributed by atoms with Gasteiger partial charge in [-0.15, -0.1) is 0 Å². The molecule has 3 unspecified atom stereocenters. The van der Waals surface area contributed by atoms with Crippen LogP contribution in [0.1, 0.15) is 19.8 Å². The molecule has 3 rings (SSSR count). The fourth-order valence-electron chi connectivity index (χ4n) is 3.40. The van der Waals surface area contributed by atoms with Crippen LogP contribution in [0.25, 0.3) is 0 Å². The molecule has 1 fully saturated rings. The fraction of sp³-hybridized carbons (Fsp3) is 0.533. The zero-order valence-corrected chi connectivity index (χ0v) is 12.0. The second kappa shape index (κ2) is 4.75. The first-order valence-corrected chi connectivity index (χ1v) is 7.11. The summed E-state index contributed by atoms with van der Waals surface area (Å²) in [6.45, 7) is 3.15. The maximum Gasteiger partial charge on any atom is 0.228 e. The van der Waals surface area contributed by atoms with Gasteiger partial charge < -0.3 is 20.6 Å². The Bertz CT molecular complexity index is 518. The highest BCUT2D eigenvalue weighted by Gasteiger charge is 2.51. The van der Waals surface area contributed by atoms with Crippen LogP contribution >= 0.6 is 0 Å². The number of likely N-dealkylation sites (tertiary alicyclic amines) is 1. The van der Waals surface area contributed by atoms with Crippen LogP contribution in [0.3, 0.4) is 0 Å². The topological polar surface area (TPSA) is 65.1 Å². The predicted molar refractivity (Wildman–Crippen MR) is 80.6 cm³/mol. The van der Waals surface area contributed by atoms with Crippen molar-refractivity contribution in [3.05, 3.63) is 30.3 Å². The first kappa shape index (κ1) is 13.4. The van der Waals surface area contributed by atoms with Crippen LogP contribution in [0.5, 0.6) is 0 Å². The minimum absolute atomic E-state index is 0.354. The van der Waals surface area contributed by atoms with Gasteiger partial charge in [-0.1, -0.05) is 18.2 Å². The normalized spacial score (nSPS) is 34.5. The number of aliphatic imine (C=N–C) groups is 1. The molecule has 0 radical (unpaired) electrons. The average molecular weight is 274 g/mol. The van der Waals surface area contributed by atoms with Crippen molar-refractivity contribution in [2.24, 2.45) is 10.7 Å². The third-order valence-electron chi connectivity index (χ3n) is 4.72. The summed E-state index contributed by atoms with van der Waals surface area (Å²) in [6, 6.07) is 10.3. The second-order valence-electron chi connectivity index (χ2n) is 5.88. The smallest absolute Gasteiger partial charge is 0.228 e. The van der Waals surface area contributed by atoms with Gasteiger partial charge in [0, 0.05) is 18.3 Å². The van der Waals surface area contributed by atoms with Crippen molar-refractivity contribution in [2.45, 2.75) is 37.7 Å². The quantitative estimate of drug-likeness (QED) is 0.801. The van der Waals surface area contributed by atoms with Gasteiger partial charge in [0.25, 0.3) is 0 Å². The van der Waals surface area contributed by atoms with Crippen molar-refractivity contribution in [1.82, 2.24) is 4.90 Å². The molecule has 1 aromatic carbocycles. The van der Waals surface area contributed by atoms with E-state index in [2.05, 4.69) is 23.9 Å². The van der Waals surface area contributed by atoms with E-state index in [0.29, 0.717) is 11.9 Å². The molecule has 1 saturated heterocycles. The summed E-state index contributed by atoms with van der Waals surface area (Å²) >= 11 is 0. The molecule has 5 heteroatoms. The number of aliphatic hydroxyl groups excluding tert-OH is 1. The highest BCUT2D eigenvalue weighted by Crippen LogP contribution is 2.40. The number of anilines is 1. The van der Waals surface area contributed by atoms with E-state index >= 15 is 0 Å². The van der Waals surface area contributed by atoms with E-state index in [0.717, 1.165) is 25.1 Å². The van der Waals surface area contributed by atoms with E-state index in [-0.39, 0.29) is 5.54 Å². The van der Waals surface area contributed by atoms with Gasteiger partial charge in [-0.05, 0) is 38.9 Å². The van der Waals surface area contributed by atoms with Crippen molar-refractivity contribution in [1.29, 1.82) is 0 Å². The molecule has 0 bridgehead atoms. The third-order valence-corrected chi connectivity index (χ3v) is 4.72. The van der Waals surface area contributed by atoms with E-state index in [4.69, 9.17) is 5.73 Å². The Balaban J connectivity index is 2.00. The van der Waals surface area contributed by atoms with Crippen LogP contribution < -0.4 is 10.6 Å². The fourth-order valence-corrected chi connectivity index (χ4v) is 3.40. The van der Waals surface area contributed by atoms with Gasteiger partial charge in [-0.3, -0.25) is 0 Å². The number of nitrogens with zero attached hydrogens (tertiary/aromatic N) is 3. The van der Waals surface area contributed by atoms with Gasteiger partial charge in [-0.2, -0.15) is 0 Å². The van der Waals surface area contributed by atoms with Crippen molar-refractivity contribution < 1.29 is 5.11 Å². The number of hydrogen-bond acceptors (Lipinski definition) is 5. The lowest BCUT2D eigenvalue weighted by Gasteiger charge is -2.48. The first-order chi connectivity index (χ1) is 9.54. The summed E-state index contributed by atoms with van der Waals surface area (Å²) in [5, 5.41) is 10.3. The van der Waals surface area contributed by atoms with Crippen LogP contribution in [0.4, 0.5) is 5.69 Å². The molecule has 2 aliphatic rings. The Morgan fingerprint density at radius 1 is 1.35 bits per heavy atom. The molecule has 0 aromatic heterocycles. The molecule has 0 saturated carbocycles. The lowest BCUT2D eigenvalue weighted by Crippen LogP contribution is -2.62. The van der Waals surface area contributed by atoms with Crippen LogP contribution in [0.15, 0.2) is 35.3 Å². The number of amidine groups is 1. The molecule has 0 aliphatic carbocycles. The Morgan fingerprint density at radius 3 is 2.70 bits per heavy atom. The highest BCUT2D eigenvalue weighted by molar-refractivity contribution is 5.96. The molecule has 2 aliphatic heterocycles. The number of hydrogen-bond donors (Lipinski definition) is 2. The van der Waals surface area contributed by atoms with E-state index in [9.17, 15) is 5.11 Å². The molecule has 108 valence electrons. The summed E-state index contributed by atoms with van der Waals surface area (Å²) in [4.78, 5) is 8.54. The van der Waals surface area contributed by atoms with Crippen LogP contribution in [0.2, 0.25) is 0 Å². The van der Waals surface area contributed by atoms with E-state index in [1.807, 2.05) is 35.2 Å². The largest absolute Gasteiger partial charge is 0.385 e. The van der Waals surface area contributed by atoms with Crippen molar-refractivity contribution >= 4 is 11.5 Å². The van der Waals surface area contributed by atoms with E-state index in [1.165, 1.54) is 0 Å².